The SMILES string of the molecule is CC/C=C\C/C=C\C/C=C\C/C=C\C/C=C\C/C=C\C/C=C\CCCCCCCCCCCCCC(=O)NC(CO)C(O)CCCCCCC. The number of rotatable bonds is 36. The van der Waals surface area contributed by atoms with Crippen molar-refractivity contribution in [2.75, 3.05) is 6.61 Å². The molecule has 2 unspecified atom stereocenters. The van der Waals surface area contributed by atoms with Crippen molar-refractivity contribution >= 4 is 5.91 Å². The maximum atomic E-state index is 12.3. The highest BCUT2D eigenvalue weighted by molar-refractivity contribution is 5.76. The van der Waals surface area contributed by atoms with Crippen molar-refractivity contribution in [1.82, 2.24) is 5.32 Å². The molecule has 0 aromatic rings. The third-order valence-electron chi connectivity index (χ3n) is 8.92. The van der Waals surface area contributed by atoms with Crippen molar-refractivity contribution in [3.8, 4) is 0 Å². The number of amides is 1. The second-order valence-electron chi connectivity index (χ2n) is 13.7. The molecular formula is C46H79NO3. The van der Waals surface area contributed by atoms with Gasteiger partial charge in [0.1, 0.15) is 0 Å². The molecule has 0 aliphatic rings. The van der Waals surface area contributed by atoms with Gasteiger partial charge in [0, 0.05) is 6.42 Å². The molecule has 0 heterocycles. The van der Waals surface area contributed by atoms with Gasteiger partial charge in [0.25, 0.3) is 0 Å². The Morgan fingerprint density at radius 2 is 0.880 bits per heavy atom. The van der Waals surface area contributed by atoms with Crippen LogP contribution >= 0.6 is 0 Å². The van der Waals surface area contributed by atoms with Crippen molar-refractivity contribution in [3.05, 3.63) is 85.1 Å². The number of carbonyl (C=O) groups excluding carboxylic acids is 1. The van der Waals surface area contributed by atoms with Crippen molar-refractivity contribution in [2.45, 2.75) is 193 Å². The molecule has 1 amide bonds. The summed E-state index contributed by atoms with van der Waals surface area (Å²) in [7, 11) is 0. The summed E-state index contributed by atoms with van der Waals surface area (Å²) in [5.74, 6) is -0.0468. The molecule has 4 heteroatoms. The number of unbranched alkanes of at least 4 members (excludes halogenated alkanes) is 15. The number of carbonyl (C=O) groups is 1. The molecule has 0 saturated carbocycles. The first-order chi connectivity index (χ1) is 24.7. The molecule has 4 nitrogen and oxygen atoms in total. The lowest BCUT2D eigenvalue weighted by molar-refractivity contribution is -0.123. The van der Waals surface area contributed by atoms with Crippen LogP contribution in [-0.4, -0.2) is 34.9 Å². The Balaban J connectivity index is 3.52. The van der Waals surface area contributed by atoms with Gasteiger partial charge in [-0.1, -0.05) is 189 Å². The highest BCUT2D eigenvalue weighted by Gasteiger charge is 2.19. The predicted octanol–water partition coefficient (Wildman–Crippen LogP) is 12.9. The van der Waals surface area contributed by atoms with Crippen LogP contribution in [0.3, 0.4) is 0 Å². The Hall–Kier alpha value is -2.43. The number of hydrogen-bond acceptors (Lipinski definition) is 3. The maximum Gasteiger partial charge on any atom is 0.220 e. The first-order valence-electron chi connectivity index (χ1n) is 20.8. The average molecular weight is 694 g/mol. The van der Waals surface area contributed by atoms with E-state index in [1.165, 1.54) is 83.5 Å². The molecule has 0 radical (unpaired) electrons. The minimum atomic E-state index is -0.660. The fourth-order valence-corrected chi connectivity index (χ4v) is 5.75. The van der Waals surface area contributed by atoms with Gasteiger partial charge >= 0.3 is 0 Å². The van der Waals surface area contributed by atoms with E-state index in [2.05, 4.69) is 104 Å². The Bertz CT molecular complexity index is 926. The molecule has 0 spiro atoms. The molecule has 0 aromatic carbocycles. The molecule has 0 saturated heterocycles. The quantitative estimate of drug-likeness (QED) is 0.0452. The van der Waals surface area contributed by atoms with Crippen LogP contribution in [0.25, 0.3) is 0 Å². The third-order valence-corrected chi connectivity index (χ3v) is 8.92. The summed E-state index contributed by atoms with van der Waals surface area (Å²) in [6.45, 7) is 4.15. The van der Waals surface area contributed by atoms with Gasteiger partial charge in [-0.15, -0.1) is 0 Å². The molecule has 0 aromatic heterocycles. The number of allylic oxidation sites excluding steroid dienone is 14. The second-order valence-corrected chi connectivity index (χ2v) is 13.7. The fraction of sp³-hybridized carbons (Fsp3) is 0.674. The summed E-state index contributed by atoms with van der Waals surface area (Å²) >= 11 is 0. The lowest BCUT2D eigenvalue weighted by Crippen LogP contribution is -2.45. The zero-order chi connectivity index (χ0) is 36.4. The summed E-state index contributed by atoms with van der Waals surface area (Å²) in [5, 5.41) is 22.8. The van der Waals surface area contributed by atoms with Crippen LogP contribution in [0.2, 0.25) is 0 Å². The normalized spacial score (nSPS) is 13.9. The van der Waals surface area contributed by atoms with Crippen LogP contribution < -0.4 is 5.32 Å². The van der Waals surface area contributed by atoms with Gasteiger partial charge in [0.05, 0.1) is 18.8 Å². The summed E-state index contributed by atoms with van der Waals surface area (Å²) in [5.41, 5.74) is 0. The van der Waals surface area contributed by atoms with Crippen molar-refractivity contribution in [3.63, 3.8) is 0 Å². The molecule has 3 N–H and O–H groups in total. The van der Waals surface area contributed by atoms with Crippen LogP contribution in [0.1, 0.15) is 181 Å². The van der Waals surface area contributed by atoms with E-state index in [9.17, 15) is 15.0 Å². The Morgan fingerprint density at radius 1 is 0.500 bits per heavy atom. The van der Waals surface area contributed by atoms with Crippen LogP contribution in [0, 0.1) is 0 Å². The molecule has 0 aliphatic carbocycles. The summed E-state index contributed by atoms with van der Waals surface area (Å²) in [6.07, 6.45) is 59.8. The van der Waals surface area contributed by atoms with Gasteiger partial charge in [0.15, 0.2) is 0 Å². The highest BCUT2D eigenvalue weighted by atomic mass is 16.3. The van der Waals surface area contributed by atoms with E-state index >= 15 is 0 Å². The van der Waals surface area contributed by atoms with Gasteiger partial charge in [-0.25, -0.2) is 0 Å². The molecule has 0 rings (SSSR count). The Labute approximate surface area is 310 Å². The van der Waals surface area contributed by atoms with E-state index in [-0.39, 0.29) is 12.5 Å². The highest BCUT2D eigenvalue weighted by Crippen LogP contribution is 2.14. The Morgan fingerprint density at radius 3 is 1.32 bits per heavy atom. The van der Waals surface area contributed by atoms with E-state index in [0.717, 1.165) is 70.6 Å². The van der Waals surface area contributed by atoms with E-state index in [1.807, 2.05) is 0 Å². The summed E-state index contributed by atoms with van der Waals surface area (Å²) < 4.78 is 0. The fourth-order valence-electron chi connectivity index (χ4n) is 5.75. The smallest absolute Gasteiger partial charge is 0.220 e. The van der Waals surface area contributed by atoms with Crippen molar-refractivity contribution in [1.29, 1.82) is 0 Å². The standard InChI is InChI=1S/C46H79NO3/c1-3-5-7-9-10-11-12-13-14-15-16-17-18-19-20-21-22-23-24-25-26-27-28-29-30-31-32-33-34-35-36-38-40-42-46(50)47-44(43-48)45(49)41-39-37-8-6-4-2/h5,7,10-11,13-14,16-17,19-20,22-23,25-26,44-45,48-49H,3-4,6,8-9,12,15,18,21,24,27-43H2,1-2H3,(H,47,50)/b7-5-,11-10-,14-13-,17-16-,20-19-,23-22-,26-25-. The lowest BCUT2D eigenvalue weighted by Gasteiger charge is -2.22. The Kier molecular flexibility index (Phi) is 39.0. The second kappa shape index (κ2) is 41.0. The van der Waals surface area contributed by atoms with Gasteiger partial charge in [-0.3, -0.25) is 4.79 Å². The largest absolute Gasteiger partial charge is 0.394 e. The number of nitrogens with one attached hydrogen (secondary N) is 1. The first-order valence-corrected chi connectivity index (χ1v) is 20.8. The monoisotopic (exact) mass is 694 g/mol. The lowest BCUT2D eigenvalue weighted by atomic mass is 10.0. The third kappa shape index (κ3) is 36.8. The van der Waals surface area contributed by atoms with E-state index in [0.29, 0.717) is 12.8 Å². The van der Waals surface area contributed by atoms with Gasteiger partial charge in [0.2, 0.25) is 5.91 Å². The van der Waals surface area contributed by atoms with Crippen molar-refractivity contribution in [2.24, 2.45) is 0 Å². The topological polar surface area (TPSA) is 69.6 Å². The van der Waals surface area contributed by atoms with E-state index in [4.69, 9.17) is 0 Å². The van der Waals surface area contributed by atoms with Crippen LogP contribution in [-0.2, 0) is 4.79 Å². The van der Waals surface area contributed by atoms with Gasteiger partial charge < -0.3 is 15.5 Å². The molecule has 286 valence electrons. The minimum Gasteiger partial charge on any atom is -0.394 e. The molecule has 50 heavy (non-hydrogen) atoms. The molecule has 2 atom stereocenters. The summed E-state index contributed by atoms with van der Waals surface area (Å²) in [4.78, 5) is 12.3. The maximum absolute atomic E-state index is 12.3. The number of aliphatic hydroxyl groups excluding tert-OH is 2. The average Bonchev–Trinajstić information content (AvgIpc) is 3.12. The van der Waals surface area contributed by atoms with Gasteiger partial charge in [-0.05, 0) is 70.6 Å². The predicted molar refractivity (Wildman–Crippen MR) is 220 cm³/mol. The minimum absolute atomic E-state index is 0.0468. The molecule has 0 bridgehead atoms. The molecule has 0 fully saturated rings. The van der Waals surface area contributed by atoms with Gasteiger partial charge in [-0.2, -0.15) is 0 Å². The van der Waals surface area contributed by atoms with E-state index < -0.39 is 12.1 Å². The first kappa shape index (κ1) is 47.6. The number of aliphatic hydroxyl groups is 2. The van der Waals surface area contributed by atoms with Crippen LogP contribution in [0.4, 0.5) is 0 Å². The molecule has 0 aliphatic heterocycles. The van der Waals surface area contributed by atoms with Crippen LogP contribution in [0.15, 0.2) is 85.1 Å². The van der Waals surface area contributed by atoms with Crippen LogP contribution in [0.5, 0.6) is 0 Å². The molecular weight excluding hydrogens is 615 g/mol. The zero-order valence-corrected chi connectivity index (χ0v) is 32.6. The summed E-state index contributed by atoms with van der Waals surface area (Å²) in [6, 6.07) is -0.538. The van der Waals surface area contributed by atoms with E-state index in [1.54, 1.807) is 0 Å². The van der Waals surface area contributed by atoms with Crippen molar-refractivity contribution < 1.29 is 15.0 Å². The zero-order valence-electron chi connectivity index (χ0n) is 32.6. The number of hydrogen-bond donors (Lipinski definition) is 3.